The number of rotatable bonds is 1. The van der Waals surface area contributed by atoms with E-state index >= 15 is 0 Å². The highest BCUT2D eigenvalue weighted by Crippen LogP contribution is 2.34. The summed E-state index contributed by atoms with van der Waals surface area (Å²) in [5, 5.41) is 2.01. The number of nitrogens with one attached hydrogen (secondary N) is 2. The molecule has 1 rings (SSSR count). The fourth-order valence-electron chi connectivity index (χ4n) is 1.12. The van der Waals surface area contributed by atoms with Gasteiger partial charge in [0.25, 0.3) is 0 Å². The Balaban J connectivity index is 2.89. The zero-order chi connectivity index (χ0) is 14.0. The number of para-hydroxylation sites is 1. The molecule has 0 radical (unpaired) electrons. The zero-order valence-electron chi connectivity index (χ0n) is 8.49. The third-order valence-corrected chi connectivity index (χ3v) is 1.74. The van der Waals surface area contributed by atoms with E-state index in [2.05, 4.69) is 0 Å². The predicted octanol–water partition coefficient (Wildman–Crippen LogP) is 3.35. The first kappa shape index (κ1) is 14.1. The molecular formula is C9H6F6N2O. The van der Waals surface area contributed by atoms with Gasteiger partial charge in [0.2, 0.25) is 0 Å². The van der Waals surface area contributed by atoms with Crippen LogP contribution in [-0.4, -0.2) is 12.3 Å². The summed E-state index contributed by atoms with van der Waals surface area (Å²) >= 11 is 0. The maximum absolute atomic E-state index is 12.4. The topological polar surface area (TPSA) is 41.1 Å². The number of hydrogen-bond acceptors (Lipinski definition) is 1. The lowest BCUT2D eigenvalue weighted by atomic mass is 10.1. The number of anilines is 1. The minimum Gasteiger partial charge on any atom is -0.307 e. The average Bonchev–Trinajstić information content (AvgIpc) is 2.13. The third kappa shape index (κ3) is 4.15. The van der Waals surface area contributed by atoms with Gasteiger partial charge in [-0.25, -0.2) is 10.1 Å². The Kier molecular flexibility index (Phi) is 3.73. The molecule has 0 fully saturated rings. The summed E-state index contributed by atoms with van der Waals surface area (Å²) in [6.07, 6.45) is -9.79. The molecule has 0 spiro atoms. The number of carbonyl (C=O) groups is 1. The van der Waals surface area contributed by atoms with Crippen molar-refractivity contribution in [2.24, 2.45) is 0 Å². The molecule has 0 atom stereocenters. The molecule has 0 aliphatic rings. The highest BCUT2D eigenvalue weighted by atomic mass is 19.4. The summed E-state index contributed by atoms with van der Waals surface area (Å²) < 4.78 is 72.6. The van der Waals surface area contributed by atoms with Crippen LogP contribution in [0.4, 0.5) is 36.8 Å². The van der Waals surface area contributed by atoms with Gasteiger partial charge in [-0.15, -0.1) is 0 Å². The molecule has 1 aromatic carbocycles. The SMILES string of the molecule is O=C(Nc1ccccc1C(F)(F)F)NC(F)(F)F. The third-order valence-electron chi connectivity index (χ3n) is 1.74. The first-order valence-corrected chi connectivity index (χ1v) is 4.42. The molecule has 9 heteroatoms. The Morgan fingerprint density at radius 1 is 1.00 bits per heavy atom. The second-order valence-electron chi connectivity index (χ2n) is 3.12. The minimum atomic E-state index is -5.02. The van der Waals surface area contributed by atoms with Crippen LogP contribution in [0.15, 0.2) is 24.3 Å². The molecule has 0 aliphatic heterocycles. The lowest BCUT2D eigenvalue weighted by Crippen LogP contribution is -2.40. The van der Waals surface area contributed by atoms with Crippen LogP contribution in [0.25, 0.3) is 0 Å². The van der Waals surface area contributed by atoms with Gasteiger partial charge in [-0.05, 0) is 12.1 Å². The van der Waals surface area contributed by atoms with Gasteiger partial charge in [-0.3, -0.25) is 0 Å². The fraction of sp³-hybridized carbons (Fsp3) is 0.222. The van der Waals surface area contributed by atoms with Crippen molar-refractivity contribution in [1.29, 1.82) is 0 Å². The quantitative estimate of drug-likeness (QED) is 0.597. The van der Waals surface area contributed by atoms with E-state index in [1.807, 2.05) is 0 Å². The van der Waals surface area contributed by atoms with Gasteiger partial charge in [0.1, 0.15) is 0 Å². The van der Waals surface area contributed by atoms with Gasteiger partial charge >= 0.3 is 18.5 Å². The van der Waals surface area contributed by atoms with Crippen molar-refractivity contribution in [3.8, 4) is 0 Å². The standard InChI is InChI=1S/C9H6F6N2O/c10-8(11,12)5-3-1-2-4-6(5)16-7(18)17-9(13,14)15/h1-4H,(H2,16,17,18). The van der Waals surface area contributed by atoms with Crippen molar-refractivity contribution in [2.75, 3.05) is 5.32 Å². The van der Waals surface area contributed by atoms with Gasteiger partial charge < -0.3 is 5.32 Å². The lowest BCUT2D eigenvalue weighted by molar-refractivity contribution is -0.144. The molecule has 0 aromatic heterocycles. The second-order valence-corrected chi connectivity index (χ2v) is 3.12. The van der Waals surface area contributed by atoms with Crippen LogP contribution in [0, 0.1) is 0 Å². The average molecular weight is 272 g/mol. The number of hydrogen-bond donors (Lipinski definition) is 2. The Hall–Kier alpha value is -1.93. The fourth-order valence-corrected chi connectivity index (χ4v) is 1.12. The molecule has 0 aliphatic carbocycles. The number of benzene rings is 1. The maximum atomic E-state index is 12.4. The summed E-state index contributed by atoms with van der Waals surface area (Å²) in [6.45, 7) is 0. The summed E-state index contributed by atoms with van der Waals surface area (Å²) in [5.41, 5.74) is -1.99. The van der Waals surface area contributed by atoms with E-state index in [0.29, 0.717) is 11.4 Å². The normalized spacial score (nSPS) is 12.1. The summed E-state index contributed by atoms with van der Waals surface area (Å²) in [5.74, 6) is 0. The molecule has 100 valence electrons. The van der Waals surface area contributed by atoms with Crippen LogP contribution in [0.3, 0.4) is 0 Å². The molecule has 0 bridgehead atoms. The Morgan fingerprint density at radius 3 is 2.06 bits per heavy atom. The largest absolute Gasteiger partial charge is 0.485 e. The minimum absolute atomic E-state index is 0.529. The van der Waals surface area contributed by atoms with Crippen molar-refractivity contribution in [3.05, 3.63) is 29.8 Å². The second kappa shape index (κ2) is 4.75. The van der Waals surface area contributed by atoms with Gasteiger partial charge in [-0.1, -0.05) is 12.1 Å². The van der Waals surface area contributed by atoms with E-state index in [1.165, 1.54) is 5.32 Å². The van der Waals surface area contributed by atoms with Crippen LogP contribution in [0.2, 0.25) is 0 Å². The van der Waals surface area contributed by atoms with Crippen LogP contribution in [0.1, 0.15) is 5.56 Å². The molecule has 0 heterocycles. The van der Waals surface area contributed by atoms with Gasteiger partial charge in [0.05, 0.1) is 11.3 Å². The number of halogens is 6. The molecule has 3 nitrogen and oxygen atoms in total. The first-order chi connectivity index (χ1) is 8.09. The number of carbonyl (C=O) groups excluding carboxylic acids is 1. The van der Waals surface area contributed by atoms with Crippen molar-refractivity contribution in [3.63, 3.8) is 0 Å². The highest BCUT2D eigenvalue weighted by Gasteiger charge is 2.35. The maximum Gasteiger partial charge on any atom is 0.485 e. The van der Waals surface area contributed by atoms with E-state index in [9.17, 15) is 31.1 Å². The van der Waals surface area contributed by atoms with E-state index in [1.54, 1.807) is 0 Å². The Morgan fingerprint density at radius 2 is 1.56 bits per heavy atom. The van der Waals surface area contributed by atoms with Crippen LogP contribution in [-0.2, 0) is 6.18 Å². The molecular weight excluding hydrogens is 266 g/mol. The summed E-state index contributed by atoms with van der Waals surface area (Å²) in [6, 6.07) is 1.90. The van der Waals surface area contributed by atoms with Crippen LogP contribution < -0.4 is 10.6 Å². The predicted molar refractivity (Wildman–Crippen MR) is 49.7 cm³/mol. The van der Waals surface area contributed by atoms with E-state index in [0.717, 1.165) is 18.2 Å². The van der Waals surface area contributed by atoms with E-state index in [-0.39, 0.29) is 0 Å². The number of alkyl halides is 6. The van der Waals surface area contributed by atoms with Gasteiger partial charge in [0, 0.05) is 0 Å². The monoisotopic (exact) mass is 272 g/mol. The number of amides is 2. The molecule has 2 amide bonds. The summed E-state index contributed by atoms with van der Waals surface area (Å²) in [7, 11) is 0. The first-order valence-electron chi connectivity index (χ1n) is 4.42. The van der Waals surface area contributed by atoms with Gasteiger partial charge in [0.15, 0.2) is 0 Å². The molecule has 0 unspecified atom stereocenters. The lowest BCUT2D eigenvalue weighted by Gasteiger charge is -2.14. The summed E-state index contributed by atoms with van der Waals surface area (Å²) in [4.78, 5) is 10.8. The van der Waals surface area contributed by atoms with Crippen molar-refractivity contribution >= 4 is 11.7 Å². The molecule has 0 saturated heterocycles. The molecule has 2 N–H and O–H groups in total. The van der Waals surface area contributed by atoms with E-state index in [4.69, 9.17) is 0 Å². The van der Waals surface area contributed by atoms with Crippen LogP contribution >= 0.6 is 0 Å². The smallest absolute Gasteiger partial charge is 0.307 e. The van der Waals surface area contributed by atoms with Crippen molar-refractivity contribution < 1.29 is 31.1 Å². The molecule has 18 heavy (non-hydrogen) atoms. The van der Waals surface area contributed by atoms with Gasteiger partial charge in [-0.2, -0.15) is 26.3 Å². The van der Waals surface area contributed by atoms with Crippen molar-refractivity contribution in [2.45, 2.75) is 12.5 Å². The van der Waals surface area contributed by atoms with E-state index < -0.39 is 29.8 Å². The van der Waals surface area contributed by atoms with Crippen LogP contribution in [0.5, 0.6) is 0 Å². The zero-order valence-corrected chi connectivity index (χ0v) is 8.49. The van der Waals surface area contributed by atoms with Crippen molar-refractivity contribution in [1.82, 2.24) is 5.32 Å². The molecule has 0 saturated carbocycles. The number of urea groups is 1. The highest BCUT2D eigenvalue weighted by molar-refractivity contribution is 5.90. The Labute approximate surface area is 96.8 Å². The molecule has 1 aromatic rings. The Bertz CT molecular complexity index is 439.